The van der Waals surface area contributed by atoms with Crippen molar-refractivity contribution in [2.75, 3.05) is 6.61 Å². The SMILES string of the molecule is CCCCCCCCCCCCCCCCCC(=O)OC(CC)CCCCC.CCCCCCCCCCCCCCCCO. The van der Waals surface area contributed by atoms with Crippen LogP contribution < -0.4 is 0 Å². The molecule has 3 heteroatoms. The van der Waals surface area contributed by atoms with E-state index in [-0.39, 0.29) is 12.1 Å². The van der Waals surface area contributed by atoms with Crippen molar-refractivity contribution in [1.82, 2.24) is 0 Å². The van der Waals surface area contributed by atoms with E-state index in [0.717, 1.165) is 25.7 Å². The number of hydrogen-bond donors (Lipinski definition) is 1. The van der Waals surface area contributed by atoms with Crippen molar-refractivity contribution in [3.8, 4) is 0 Å². The van der Waals surface area contributed by atoms with Crippen LogP contribution in [0.5, 0.6) is 0 Å². The van der Waals surface area contributed by atoms with Crippen molar-refractivity contribution in [2.45, 2.75) is 259 Å². The quantitative estimate of drug-likeness (QED) is 0.0548. The normalized spacial score (nSPS) is 11.8. The van der Waals surface area contributed by atoms with Crippen LogP contribution in [0.25, 0.3) is 0 Å². The van der Waals surface area contributed by atoms with Crippen LogP contribution in [-0.4, -0.2) is 23.8 Å². The Hall–Kier alpha value is -0.570. The second-order valence-electron chi connectivity index (χ2n) is 14.0. The van der Waals surface area contributed by atoms with Crippen LogP contribution in [0.15, 0.2) is 0 Å². The van der Waals surface area contributed by atoms with E-state index >= 15 is 0 Å². The van der Waals surface area contributed by atoms with Crippen LogP contribution in [-0.2, 0) is 9.53 Å². The first-order valence-corrected chi connectivity index (χ1v) is 21.0. The van der Waals surface area contributed by atoms with Gasteiger partial charge in [0.1, 0.15) is 6.10 Å². The molecule has 0 saturated heterocycles. The second-order valence-corrected chi connectivity index (χ2v) is 14.0. The lowest BCUT2D eigenvalue weighted by atomic mass is 10.0. The Morgan fingerprint density at radius 3 is 1.02 bits per heavy atom. The van der Waals surface area contributed by atoms with Gasteiger partial charge < -0.3 is 9.84 Å². The maximum absolute atomic E-state index is 12.0. The van der Waals surface area contributed by atoms with Gasteiger partial charge in [0, 0.05) is 13.0 Å². The second kappa shape index (κ2) is 43.4. The molecule has 0 spiro atoms. The van der Waals surface area contributed by atoms with E-state index in [2.05, 4.69) is 27.7 Å². The topological polar surface area (TPSA) is 46.5 Å². The molecule has 272 valence electrons. The van der Waals surface area contributed by atoms with Gasteiger partial charge in [0.25, 0.3) is 0 Å². The highest BCUT2D eigenvalue weighted by atomic mass is 16.5. The Kier molecular flexibility index (Phi) is 44.9. The zero-order chi connectivity index (χ0) is 33.3. The average molecular weight is 639 g/mol. The third kappa shape index (κ3) is 43.4. The molecule has 45 heavy (non-hydrogen) atoms. The molecule has 1 unspecified atom stereocenters. The molecule has 0 bridgehead atoms. The smallest absolute Gasteiger partial charge is 0.306 e. The molecule has 0 amide bonds. The molecule has 1 atom stereocenters. The van der Waals surface area contributed by atoms with E-state index < -0.39 is 0 Å². The van der Waals surface area contributed by atoms with E-state index in [4.69, 9.17) is 9.84 Å². The Balaban J connectivity index is 0. The number of rotatable bonds is 36. The first-order chi connectivity index (χ1) is 22.2. The largest absolute Gasteiger partial charge is 0.462 e. The summed E-state index contributed by atoms with van der Waals surface area (Å²) in [5.41, 5.74) is 0. The highest BCUT2D eigenvalue weighted by Crippen LogP contribution is 2.16. The highest BCUT2D eigenvalue weighted by Gasteiger charge is 2.11. The fraction of sp³-hybridized carbons (Fsp3) is 0.976. The Morgan fingerprint density at radius 1 is 0.422 bits per heavy atom. The van der Waals surface area contributed by atoms with Crippen molar-refractivity contribution in [1.29, 1.82) is 0 Å². The maximum Gasteiger partial charge on any atom is 0.306 e. The molecule has 0 aromatic rings. The molecule has 0 radical (unpaired) electrons. The van der Waals surface area contributed by atoms with Gasteiger partial charge in [-0.3, -0.25) is 4.79 Å². The van der Waals surface area contributed by atoms with Crippen molar-refractivity contribution in [3.63, 3.8) is 0 Å². The minimum atomic E-state index is 0.0260. The van der Waals surface area contributed by atoms with Crippen LogP contribution in [0.3, 0.4) is 0 Å². The summed E-state index contributed by atoms with van der Waals surface area (Å²) in [4.78, 5) is 12.0. The molecule has 0 aliphatic rings. The van der Waals surface area contributed by atoms with Gasteiger partial charge in [0.05, 0.1) is 0 Å². The highest BCUT2D eigenvalue weighted by molar-refractivity contribution is 5.69. The number of carbonyl (C=O) groups excluding carboxylic acids is 1. The van der Waals surface area contributed by atoms with E-state index in [1.165, 1.54) is 193 Å². The Morgan fingerprint density at radius 2 is 0.711 bits per heavy atom. The van der Waals surface area contributed by atoms with E-state index in [1.54, 1.807) is 0 Å². The monoisotopic (exact) mass is 639 g/mol. The van der Waals surface area contributed by atoms with Crippen molar-refractivity contribution < 1.29 is 14.6 Å². The number of hydrogen-bond acceptors (Lipinski definition) is 3. The van der Waals surface area contributed by atoms with Gasteiger partial charge in [0.15, 0.2) is 0 Å². The zero-order valence-electron chi connectivity index (χ0n) is 31.8. The number of carbonyl (C=O) groups is 1. The molecule has 0 fully saturated rings. The molecule has 0 aliphatic heterocycles. The lowest BCUT2D eigenvalue weighted by Gasteiger charge is -2.16. The molecule has 0 aromatic heterocycles. The zero-order valence-corrected chi connectivity index (χ0v) is 31.8. The lowest BCUT2D eigenvalue weighted by molar-refractivity contribution is -0.149. The summed E-state index contributed by atoms with van der Waals surface area (Å²) in [6, 6.07) is 0. The Bertz CT molecular complexity index is 506. The molecule has 3 nitrogen and oxygen atoms in total. The Labute approximate surface area is 285 Å². The van der Waals surface area contributed by atoms with Crippen molar-refractivity contribution >= 4 is 5.97 Å². The summed E-state index contributed by atoms with van der Waals surface area (Å²) in [7, 11) is 0. The van der Waals surface area contributed by atoms with Crippen LogP contribution in [0, 0.1) is 0 Å². The predicted octanol–water partition coefficient (Wildman–Crippen LogP) is 14.6. The molecule has 0 aromatic carbocycles. The molecule has 0 heterocycles. The number of ether oxygens (including phenoxy) is 1. The van der Waals surface area contributed by atoms with Gasteiger partial charge in [0.2, 0.25) is 0 Å². The van der Waals surface area contributed by atoms with Crippen LogP contribution in [0.2, 0.25) is 0 Å². The van der Waals surface area contributed by atoms with Crippen LogP contribution in [0.4, 0.5) is 0 Å². The van der Waals surface area contributed by atoms with Gasteiger partial charge in [-0.1, -0.05) is 214 Å². The first-order valence-electron chi connectivity index (χ1n) is 21.0. The van der Waals surface area contributed by atoms with E-state index in [0.29, 0.717) is 13.0 Å². The van der Waals surface area contributed by atoms with Gasteiger partial charge in [-0.05, 0) is 32.1 Å². The minimum Gasteiger partial charge on any atom is -0.462 e. The standard InChI is InChI=1S/C26H52O2.C16H34O/c1-4-7-9-10-11-12-13-14-15-16-17-18-19-20-22-24-26(27)28-25(6-3)23-21-8-5-2;1-2-3-4-5-6-7-8-9-10-11-12-13-14-15-16-17/h25H,4-24H2,1-3H3;17H,2-16H2,1H3. The van der Waals surface area contributed by atoms with Crippen molar-refractivity contribution in [3.05, 3.63) is 0 Å². The van der Waals surface area contributed by atoms with Crippen LogP contribution >= 0.6 is 0 Å². The fourth-order valence-corrected chi connectivity index (χ4v) is 6.16. The lowest BCUT2D eigenvalue weighted by Crippen LogP contribution is -2.17. The summed E-state index contributed by atoms with van der Waals surface area (Å²) in [5, 5.41) is 8.64. The fourth-order valence-electron chi connectivity index (χ4n) is 6.16. The molecule has 0 saturated carbocycles. The summed E-state index contributed by atoms with van der Waals surface area (Å²) in [6.07, 6.45) is 46.0. The number of esters is 1. The molecule has 0 aliphatic carbocycles. The van der Waals surface area contributed by atoms with Gasteiger partial charge >= 0.3 is 5.97 Å². The molecular weight excluding hydrogens is 552 g/mol. The van der Waals surface area contributed by atoms with E-state index in [1.807, 2.05) is 0 Å². The van der Waals surface area contributed by atoms with Gasteiger partial charge in [-0.25, -0.2) is 0 Å². The summed E-state index contributed by atoms with van der Waals surface area (Å²) >= 11 is 0. The summed E-state index contributed by atoms with van der Waals surface area (Å²) in [6.45, 7) is 9.27. The number of unbranched alkanes of at least 4 members (excludes halogenated alkanes) is 29. The maximum atomic E-state index is 12.0. The number of aliphatic hydroxyl groups is 1. The van der Waals surface area contributed by atoms with Gasteiger partial charge in [-0.2, -0.15) is 0 Å². The minimum absolute atomic E-state index is 0.0260. The third-order valence-corrected chi connectivity index (χ3v) is 9.38. The third-order valence-electron chi connectivity index (χ3n) is 9.38. The summed E-state index contributed by atoms with van der Waals surface area (Å²) < 4.78 is 5.63. The predicted molar refractivity (Wildman–Crippen MR) is 201 cm³/mol. The van der Waals surface area contributed by atoms with Gasteiger partial charge in [-0.15, -0.1) is 0 Å². The first kappa shape index (κ1) is 46.5. The summed E-state index contributed by atoms with van der Waals surface area (Å²) in [5.74, 6) is 0.0260. The molecule has 1 N–H and O–H groups in total. The number of aliphatic hydroxyl groups excluding tert-OH is 1. The molecular formula is C42H86O3. The average Bonchev–Trinajstić information content (AvgIpc) is 3.05. The molecule has 0 rings (SSSR count). The van der Waals surface area contributed by atoms with Crippen molar-refractivity contribution in [2.24, 2.45) is 0 Å². The van der Waals surface area contributed by atoms with E-state index in [9.17, 15) is 4.79 Å². The van der Waals surface area contributed by atoms with Crippen LogP contribution in [0.1, 0.15) is 252 Å².